The van der Waals surface area contributed by atoms with Crippen molar-refractivity contribution in [2.24, 2.45) is 5.92 Å². The Morgan fingerprint density at radius 3 is 2.48 bits per heavy atom. The number of carbonyl (C=O) groups excluding carboxylic acids is 1. The molecule has 4 rings (SSSR count). The number of fused-ring (bicyclic) bond motifs is 1. The van der Waals surface area contributed by atoms with Crippen LogP contribution >= 0.6 is 0 Å². The van der Waals surface area contributed by atoms with Crippen molar-refractivity contribution in [3.05, 3.63) is 34.8 Å². The van der Waals surface area contributed by atoms with Crippen LogP contribution in [0.25, 0.3) is 11.1 Å². The molecule has 0 radical (unpaired) electrons. The molecular weight excluding hydrogens is 346 g/mol. The van der Waals surface area contributed by atoms with Crippen molar-refractivity contribution in [1.29, 1.82) is 0 Å². The molecule has 1 amide bonds. The molecular formula is C20H27N3O4. The van der Waals surface area contributed by atoms with Gasteiger partial charge in [0.1, 0.15) is 0 Å². The minimum absolute atomic E-state index is 0.0663. The number of para-hydroxylation sites is 2. The quantitative estimate of drug-likeness (QED) is 0.822. The number of piperidine rings is 1. The molecule has 1 aromatic heterocycles. The first-order valence-electron chi connectivity index (χ1n) is 9.76. The van der Waals surface area contributed by atoms with Crippen LogP contribution in [0.15, 0.2) is 33.5 Å². The first-order valence-corrected chi connectivity index (χ1v) is 9.76. The van der Waals surface area contributed by atoms with Gasteiger partial charge in [-0.25, -0.2) is 4.79 Å². The van der Waals surface area contributed by atoms with Gasteiger partial charge in [0.25, 0.3) is 0 Å². The van der Waals surface area contributed by atoms with E-state index < -0.39 is 0 Å². The predicted octanol–water partition coefficient (Wildman–Crippen LogP) is 1.90. The topological polar surface area (TPSA) is 67.9 Å². The molecule has 0 saturated carbocycles. The molecule has 2 saturated heterocycles. The van der Waals surface area contributed by atoms with Crippen molar-refractivity contribution in [3.63, 3.8) is 0 Å². The smallest absolute Gasteiger partial charge is 0.408 e. The van der Waals surface area contributed by atoms with Crippen molar-refractivity contribution in [3.8, 4) is 0 Å². The lowest BCUT2D eigenvalue weighted by molar-refractivity contribution is -0.149. The molecule has 146 valence electrons. The number of benzene rings is 1. The Morgan fingerprint density at radius 2 is 1.78 bits per heavy atom. The molecule has 2 atom stereocenters. The number of hydrogen-bond donors (Lipinski definition) is 0. The highest BCUT2D eigenvalue weighted by Crippen LogP contribution is 2.23. The van der Waals surface area contributed by atoms with Crippen molar-refractivity contribution >= 4 is 17.0 Å². The van der Waals surface area contributed by atoms with E-state index in [0.717, 1.165) is 31.4 Å². The molecule has 2 aromatic rings. The number of morpholine rings is 1. The lowest BCUT2D eigenvalue weighted by atomic mass is 9.95. The second-order valence-corrected chi connectivity index (χ2v) is 7.80. The Morgan fingerprint density at radius 1 is 1.11 bits per heavy atom. The Hall–Kier alpha value is -2.12. The number of likely N-dealkylation sites (tertiary alicyclic amines) is 1. The van der Waals surface area contributed by atoms with Crippen molar-refractivity contribution in [2.75, 3.05) is 26.2 Å². The molecule has 0 bridgehead atoms. The van der Waals surface area contributed by atoms with Gasteiger partial charge in [-0.2, -0.15) is 0 Å². The third-order valence-corrected chi connectivity index (χ3v) is 5.58. The van der Waals surface area contributed by atoms with Gasteiger partial charge in [-0.05, 0) is 38.8 Å². The average Bonchev–Trinajstić information content (AvgIpc) is 2.96. The van der Waals surface area contributed by atoms with Gasteiger partial charge in [-0.3, -0.25) is 14.3 Å². The van der Waals surface area contributed by atoms with Crippen LogP contribution in [0.3, 0.4) is 0 Å². The van der Waals surface area contributed by atoms with E-state index in [-0.39, 0.29) is 29.8 Å². The average molecular weight is 373 g/mol. The maximum atomic E-state index is 12.9. The molecule has 7 nitrogen and oxygen atoms in total. The van der Waals surface area contributed by atoms with Gasteiger partial charge >= 0.3 is 5.76 Å². The monoisotopic (exact) mass is 373 g/mol. The third-order valence-electron chi connectivity index (χ3n) is 5.58. The summed E-state index contributed by atoms with van der Waals surface area (Å²) < 4.78 is 12.7. The fourth-order valence-electron chi connectivity index (χ4n) is 4.29. The summed E-state index contributed by atoms with van der Waals surface area (Å²) in [6.07, 6.45) is 1.84. The molecule has 0 aliphatic carbocycles. The van der Waals surface area contributed by atoms with E-state index in [1.807, 2.05) is 43.0 Å². The van der Waals surface area contributed by atoms with E-state index >= 15 is 0 Å². The Bertz CT molecular complexity index is 855. The summed E-state index contributed by atoms with van der Waals surface area (Å²) >= 11 is 0. The normalized spacial score (nSPS) is 25.2. The van der Waals surface area contributed by atoms with Crippen molar-refractivity contribution in [1.82, 2.24) is 14.4 Å². The lowest BCUT2D eigenvalue weighted by Gasteiger charge is -2.39. The first-order chi connectivity index (χ1) is 13.0. The van der Waals surface area contributed by atoms with Crippen molar-refractivity contribution < 1.29 is 13.9 Å². The molecule has 1 aromatic carbocycles. The third kappa shape index (κ3) is 3.80. The first kappa shape index (κ1) is 18.3. The molecule has 0 N–H and O–H groups in total. The minimum atomic E-state index is -0.328. The second kappa shape index (κ2) is 7.48. The van der Waals surface area contributed by atoms with Gasteiger partial charge in [-0.1, -0.05) is 12.1 Å². The van der Waals surface area contributed by atoms with E-state index in [0.29, 0.717) is 25.3 Å². The SMILES string of the molecule is C[C@@H]1CN(C(=O)C2CCN(Cn3c(=O)oc4ccccc43)CC2)C[C@H](C)O1. The summed E-state index contributed by atoms with van der Waals surface area (Å²) in [5, 5.41) is 0. The fourth-order valence-corrected chi connectivity index (χ4v) is 4.29. The van der Waals surface area contributed by atoms with Gasteiger partial charge in [0, 0.05) is 32.1 Å². The highest BCUT2D eigenvalue weighted by atomic mass is 16.5. The maximum absolute atomic E-state index is 12.9. The summed E-state index contributed by atoms with van der Waals surface area (Å²) in [5.41, 5.74) is 1.43. The van der Waals surface area contributed by atoms with E-state index in [9.17, 15) is 9.59 Å². The predicted molar refractivity (Wildman–Crippen MR) is 101 cm³/mol. The van der Waals surface area contributed by atoms with Crippen molar-refractivity contribution in [2.45, 2.75) is 45.6 Å². The molecule has 2 fully saturated rings. The minimum Gasteiger partial charge on any atom is -0.408 e. The summed E-state index contributed by atoms with van der Waals surface area (Å²) in [5.74, 6) is -0.00941. The Kier molecular flexibility index (Phi) is 5.06. The van der Waals surface area contributed by atoms with Gasteiger partial charge in [0.2, 0.25) is 5.91 Å². The van der Waals surface area contributed by atoms with Crippen LogP contribution in [-0.4, -0.2) is 58.7 Å². The van der Waals surface area contributed by atoms with E-state index in [2.05, 4.69) is 4.90 Å². The van der Waals surface area contributed by atoms with Gasteiger partial charge < -0.3 is 14.1 Å². The van der Waals surface area contributed by atoms with Gasteiger partial charge in [-0.15, -0.1) is 0 Å². The van der Waals surface area contributed by atoms with Crippen LogP contribution in [0.4, 0.5) is 0 Å². The summed E-state index contributed by atoms with van der Waals surface area (Å²) in [6, 6.07) is 7.48. The number of rotatable bonds is 3. The number of amides is 1. The standard InChI is InChI=1S/C20H27N3O4/c1-14-11-22(12-15(2)26-14)19(24)16-7-9-21(10-8-16)13-23-17-5-3-4-6-18(17)27-20(23)25/h3-6,14-16H,7-13H2,1-2H3/t14-,15+. The largest absolute Gasteiger partial charge is 0.421 e. The summed E-state index contributed by atoms with van der Waals surface area (Å²) in [6.45, 7) is 7.51. The summed E-state index contributed by atoms with van der Waals surface area (Å²) in [7, 11) is 0. The van der Waals surface area contributed by atoms with Crippen LogP contribution in [0.5, 0.6) is 0 Å². The second-order valence-electron chi connectivity index (χ2n) is 7.80. The molecule has 2 aliphatic rings. The zero-order valence-electron chi connectivity index (χ0n) is 16.0. The molecule has 7 heteroatoms. The number of oxazole rings is 1. The zero-order chi connectivity index (χ0) is 19.0. The van der Waals surface area contributed by atoms with E-state index in [4.69, 9.17) is 9.15 Å². The number of nitrogens with zero attached hydrogens (tertiary/aromatic N) is 3. The summed E-state index contributed by atoms with van der Waals surface area (Å²) in [4.78, 5) is 29.2. The number of carbonyl (C=O) groups is 1. The van der Waals surface area contributed by atoms with Gasteiger partial charge in [0.05, 0.1) is 24.4 Å². The zero-order valence-corrected chi connectivity index (χ0v) is 16.0. The fraction of sp³-hybridized carbons (Fsp3) is 0.600. The lowest BCUT2D eigenvalue weighted by Crippen LogP contribution is -2.51. The maximum Gasteiger partial charge on any atom is 0.421 e. The number of aromatic nitrogens is 1. The molecule has 2 aliphatic heterocycles. The Balaban J connectivity index is 1.37. The van der Waals surface area contributed by atoms with E-state index in [1.165, 1.54) is 0 Å². The molecule has 0 unspecified atom stereocenters. The highest BCUT2D eigenvalue weighted by molar-refractivity contribution is 5.79. The van der Waals surface area contributed by atoms with Crippen LogP contribution < -0.4 is 5.76 Å². The van der Waals surface area contributed by atoms with E-state index in [1.54, 1.807) is 4.57 Å². The Labute approximate surface area is 158 Å². The highest BCUT2D eigenvalue weighted by Gasteiger charge is 2.32. The number of ether oxygens (including phenoxy) is 1. The molecule has 27 heavy (non-hydrogen) atoms. The van der Waals surface area contributed by atoms with Crippen LogP contribution in [0.2, 0.25) is 0 Å². The molecule has 0 spiro atoms. The van der Waals surface area contributed by atoms with Gasteiger partial charge in [0.15, 0.2) is 5.58 Å². The molecule has 3 heterocycles. The van der Waals surface area contributed by atoms with Crippen LogP contribution in [0.1, 0.15) is 26.7 Å². The van der Waals surface area contributed by atoms with Crippen LogP contribution in [0, 0.1) is 5.92 Å². The van der Waals surface area contributed by atoms with Crippen LogP contribution in [-0.2, 0) is 16.2 Å². The number of hydrogen-bond acceptors (Lipinski definition) is 5.